The van der Waals surface area contributed by atoms with Gasteiger partial charge >= 0.3 is 97.8 Å². The van der Waals surface area contributed by atoms with Crippen LogP contribution in [0.1, 0.15) is 47.0 Å². The van der Waals surface area contributed by atoms with E-state index in [1.54, 1.807) is 0 Å². The first kappa shape index (κ1) is 15.0. The molecule has 0 aromatic rings. The Morgan fingerprint density at radius 2 is 1.21 bits per heavy atom. The monoisotopic (exact) mass is 328 g/mol. The quantitative estimate of drug-likeness (QED) is 0.567. The molecule has 0 atom stereocenters. The van der Waals surface area contributed by atoms with Gasteiger partial charge in [0.1, 0.15) is 0 Å². The number of hydrogen-bond acceptors (Lipinski definition) is 1. The van der Waals surface area contributed by atoms with Crippen LogP contribution in [0.2, 0.25) is 15.6 Å². The van der Waals surface area contributed by atoms with Gasteiger partial charge in [0.2, 0.25) is 0 Å². The van der Waals surface area contributed by atoms with E-state index in [0.29, 0.717) is 0 Å². The summed E-state index contributed by atoms with van der Waals surface area (Å²) in [6.45, 7) is 9.81. The van der Waals surface area contributed by atoms with Crippen molar-refractivity contribution in [1.29, 1.82) is 0 Å². The summed E-state index contributed by atoms with van der Waals surface area (Å²) in [5.41, 5.74) is 0. The molecular weight excluding hydrogens is 303 g/mol. The molecule has 0 heterocycles. The van der Waals surface area contributed by atoms with Crippen molar-refractivity contribution >= 4 is 24.9 Å². The molecule has 0 aromatic carbocycles. The molecule has 0 saturated heterocycles. The third kappa shape index (κ3) is 4.24. The molecule has 0 spiro atoms. The van der Waals surface area contributed by atoms with Crippen molar-refractivity contribution in [2.24, 2.45) is 0 Å². The van der Waals surface area contributed by atoms with Crippen molar-refractivity contribution in [3.05, 3.63) is 0 Å². The van der Waals surface area contributed by atoms with Gasteiger partial charge in [-0.15, -0.1) is 0 Å². The number of hydrogen-bond donors (Lipinski definition) is 0. The Morgan fingerprint density at radius 3 is 1.43 bits per heavy atom. The van der Waals surface area contributed by atoms with Gasteiger partial charge in [0.15, 0.2) is 0 Å². The van der Waals surface area contributed by atoms with Crippen molar-refractivity contribution in [3.63, 3.8) is 0 Å². The van der Waals surface area contributed by atoms with E-state index >= 15 is 0 Å². The van der Waals surface area contributed by atoms with E-state index < -0.39 is 10.9 Å². The standard InChI is InChI=1S/C11H26AsBrO/c1-5-9-12(13,10-6-2,11-7-3)14-8-4/h5-11H2,1-4H3. The molecule has 0 aliphatic heterocycles. The zero-order valence-corrected chi connectivity index (χ0v) is 13.6. The average molecular weight is 329 g/mol. The van der Waals surface area contributed by atoms with E-state index in [9.17, 15) is 0 Å². The second kappa shape index (κ2) is 6.55. The molecule has 0 N–H and O–H groups in total. The van der Waals surface area contributed by atoms with Crippen LogP contribution in [0.4, 0.5) is 0 Å². The van der Waals surface area contributed by atoms with E-state index in [1.807, 2.05) is 0 Å². The molecule has 0 amide bonds. The molecule has 0 aliphatic carbocycles. The van der Waals surface area contributed by atoms with Gasteiger partial charge in [-0.1, -0.05) is 0 Å². The Balaban J connectivity index is 4.69. The molecular formula is C11H26AsBrO. The summed E-state index contributed by atoms with van der Waals surface area (Å²) in [6, 6.07) is 0. The molecule has 0 fully saturated rings. The summed E-state index contributed by atoms with van der Waals surface area (Å²) >= 11 is 4.09. The van der Waals surface area contributed by atoms with Gasteiger partial charge in [-0.05, 0) is 0 Å². The molecule has 88 valence electrons. The first-order valence-electron chi connectivity index (χ1n) is 5.92. The van der Waals surface area contributed by atoms with Crippen molar-refractivity contribution in [1.82, 2.24) is 0 Å². The predicted molar refractivity (Wildman–Crippen MR) is 71.6 cm³/mol. The van der Waals surface area contributed by atoms with Crippen LogP contribution in [-0.2, 0) is 3.73 Å². The Morgan fingerprint density at radius 1 is 0.857 bits per heavy atom. The zero-order valence-electron chi connectivity index (χ0n) is 10.2. The van der Waals surface area contributed by atoms with Crippen LogP contribution in [0, 0.1) is 0 Å². The second-order valence-corrected chi connectivity index (χ2v) is 23.0. The van der Waals surface area contributed by atoms with Gasteiger partial charge in [0.05, 0.1) is 0 Å². The molecule has 0 radical (unpaired) electrons. The normalized spacial score (nSPS) is 15.1. The predicted octanol–water partition coefficient (Wildman–Crippen LogP) is 5.04. The summed E-state index contributed by atoms with van der Waals surface area (Å²) in [5, 5.41) is 3.86. The van der Waals surface area contributed by atoms with E-state index in [1.165, 1.54) is 34.9 Å². The van der Waals surface area contributed by atoms with Gasteiger partial charge in [-0.3, -0.25) is 0 Å². The molecule has 0 aromatic heterocycles. The molecule has 0 rings (SSSR count). The Labute approximate surface area is 97.5 Å². The first-order valence-corrected chi connectivity index (χ1v) is 15.1. The summed E-state index contributed by atoms with van der Waals surface area (Å²) in [4.78, 5) is 0. The SMILES string of the molecule is CCC[As](Br)(CCC)(CCC)OCC. The van der Waals surface area contributed by atoms with Crippen LogP contribution in [-0.4, -0.2) is 17.5 Å². The van der Waals surface area contributed by atoms with Gasteiger partial charge in [0.25, 0.3) is 0 Å². The van der Waals surface area contributed by atoms with Gasteiger partial charge < -0.3 is 0 Å². The molecule has 0 aliphatic rings. The summed E-state index contributed by atoms with van der Waals surface area (Å²) in [6.07, 6.45) is 3.74. The van der Waals surface area contributed by atoms with E-state index in [-0.39, 0.29) is 0 Å². The van der Waals surface area contributed by atoms with Crippen LogP contribution in [0.15, 0.2) is 0 Å². The Hall–Kier alpha value is 0.998. The maximum atomic E-state index is 6.23. The number of rotatable bonds is 8. The van der Waals surface area contributed by atoms with Gasteiger partial charge in [0, 0.05) is 0 Å². The minimum atomic E-state index is -2.53. The fourth-order valence-corrected chi connectivity index (χ4v) is 18.7. The minimum absolute atomic E-state index is 0.872. The molecule has 0 unspecified atom stereocenters. The first-order chi connectivity index (χ1) is 6.54. The summed E-state index contributed by atoms with van der Waals surface area (Å²) < 4.78 is 6.23. The van der Waals surface area contributed by atoms with Crippen LogP contribution < -0.4 is 0 Å². The fraction of sp³-hybridized carbons (Fsp3) is 1.00. The van der Waals surface area contributed by atoms with Crippen LogP contribution in [0.3, 0.4) is 0 Å². The van der Waals surface area contributed by atoms with E-state index in [2.05, 4.69) is 41.6 Å². The summed E-state index contributed by atoms with van der Waals surface area (Å²) in [7, 11) is -2.53. The zero-order chi connectivity index (χ0) is 11.1. The van der Waals surface area contributed by atoms with Crippen LogP contribution >= 0.6 is 13.9 Å². The number of halogens is 1. The fourth-order valence-electron chi connectivity index (χ4n) is 2.33. The van der Waals surface area contributed by atoms with E-state index in [0.717, 1.165) is 6.61 Å². The molecule has 0 saturated carbocycles. The van der Waals surface area contributed by atoms with Crippen LogP contribution in [0.25, 0.3) is 0 Å². The van der Waals surface area contributed by atoms with Crippen molar-refractivity contribution in [2.75, 3.05) is 6.61 Å². The van der Waals surface area contributed by atoms with Crippen LogP contribution in [0.5, 0.6) is 0 Å². The third-order valence-electron chi connectivity index (χ3n) is 2.60. The van der Waals surface area contributed by atoms with E-state index in [4.69, 9.17) is 3.73 Å². The second-order valence-electron chi connectivity index (χ2n) is 4.07. The Bertz CT molecular complexity index is 126. The Kier molecular flexibility index (Phi) is 7.02. The van der Waals surface area contributed by atoms with Crippen molar-refractivity contribution in [2.45, 2.75) is 62.6 Å². The van der Waals surface area contributed by atoms with Gasteiger partial charge in [-0.25, -0.2) is 0 Å². The maximum absolute atomic E-state index is 6.23. The molecule has 3 heteroatoms. The molecule has 0 bridgehead atoms. The van der Waals surface area contributed by atoms with Crippen molar-refractivity contribution in [3.8, 4) is 0 Å². The summed E-state index contributed by atoms with van der Waals surface area (Å²) in [5.74, 6) is 0. The topological polar surface area (TPSA) is 9.23 Å². The molecule has 1 nitrogen and oxygen atoms in total. The molecule has 14 heavy (non-hydrogen) atoms. The third-order valence-corrected chi connectivity index (χ3v) is 20.1. The van der Waals surface area contributed by atoms with Crippen molar-refractivity contribution < 1.29 is 3.73 Å². The average Bonchev–Trinajstić information content (AvgIpc) is 2.05. The van der Waals surface area contributed by atoms with Gasteiger partial charge in [-0.2, -0.15) is 0 Å².